The smallest absolute Gasteiger partial charge is 0.333 e. The summed E-state index contributed by atoms with van der Waals surface area (Å²) in [6.45, 7) is 4.08. The second kappa shape index (κ2) is 9.70. The van der Waals surface area contributed by atoms with Crippen molar-refractivity contribution in [2.45, 2.75) is 57.2 Å². The molecule has 9 heteroatoms. The third kappa shape index (κ3) is 4.78. The molecule has 1 amide bonds. The predicted molar refractivity (Wildman–Crippen MR) is 118 cm³/mol. The van der Waals surface area contributed by atoms with Gasteiger partial charge in [-0.25, -0.2) is 4.79 Å². The van der Waals surface area contributed by atoms with E-state index in [9.17, 15) is 14.4 Å². The number of aliphatic hydroxyl groups excluding tert-OH is 1. The Balaban J connectivity index is 0.000000275. The number of hydrogen-bond donors (Lipinski definition) is 4. The fraction of sp³-hybridized carbons (Fsp3) is 0.522. The van der Waals surface area contributed by atoms with Crippen LogP contribution in [0.1, 0.15) is 43.2 Å². The van der Waals surface area contributed by atoms with Gasteiger partial charge in [-0.1, -0.05) is 19.1 Å². The summed E-state index contributed by atoms with van der Waals surface area (Å²) in [5.74, 6) is -2.62. The van der Waals surface area contributed by atoms with Gasteiger partial charge >= 0.3 is 11.9 Å². The quantitative estimate of drug-likeness (QED) is 0.526. The minimum atomic E-state index is -1.79. The van der Waals surface area contributed by atoms with Crippen LogP contribution in [0.15, 0.2) is 24.4 Å². The molecule has 0 saturated carbocycles. The molecule has 0 radical (unpaired) electrons. The molecule has 32 heavy (non-hydrogen) atoms. The number of carbonyl (C=O) groups is 3. The van der Waals surface area contributed by atoms with E-state index < -0.39 is 24.5 Å². The molecule has 174 valence electrons. The Morgan fingerprint density at radius 3 is 2.53 bits per heavy atom. The summed E-state index contributed by atoms with van der Waals surface area (Å²) in [6, 6.07) is 7.15. The Kier molecular flexibility index (Phi) is 7.20. The first kappa shape index (κ1) is 23.7. The molecule has 2 unspecified atom stereocenters. The SMILES string of the molecule is CCCn1cc2c3c(cccc31)[C@H]1CC(C(N)=O)CN(C)[C@@H]1C2.O=C(O)CC(O)C(=O)O. The lowest BCUT2D eigenvalue weighted by Crippen LogP contribution is -2.50. The van der Waals surface area contributed by atoms with Gasteiger partial charge in [0.05, 0.1) is 12.3 Å². The molecular weight excluding hydrogens is 414 g/mol. The molecule has 2 aliphatic rings. The number of carbonyl (C=O) groups excluding carboxylic acids is 1. The number of aryl methyl sites for hydroxylation is 1. The normalized spacial score (nSPS) is 23.0. The van der Waals surface area contributed by atoms with E-state index >= 15 is 0 Å². The van der Waals surface area contributed by atoms with Gasteiger partial charge in [0.2, 0.25) is 5.91 Å². The number of rotatable bonds is 6. The lowest BCUT2D eigenvalue weighted by atomic mass is 9.72. The molecule has 4 rings (SSSR count). The van der Waals surface area contributed by atoms with E-state index in [1.54, 1.807) is 0 Å². The third-order valence-corrected chi connectivity index (χ3v) is 6.44. The number of piperidine rings is 1. The number of fused-ring (bicyclic) bond motifs is 2. The monoisotopic (exact) mass is 445 g/mol. The Hall–Kier alpha value is -2.91. The number of likely N-dealkylation sites (N-methyl/N-ethyl adjacent to an activating group) is 1. The minimum Gasteiger partial charge on any atom is -0.481 e. The van der Waals surface area contributed by atoms with Crippen LogP contribution in [-0.2, 0) is 27.3 Å². The topological polar surface area (TPSA) is 146 Å². The summed E-state index contributed by atoms with van der Waals surface area (Å²) in [5, 5.41) is 25.6. The maximum absolute atomic E-state index is 11.7. The number of aliphatic hydroxyl groups is 1. The zero-order valence-corrected chi connectivity index (χ0v) is 18.4. The molecule has 2 aromatic rings. The maximum Gasteiger partial charge on any atom is 0.333 e. The van der Waals surface area contributed by atoms with Crippen LogP contribution in [0.25, 0.3) is 10.9 Å². The van der Waals surface area contributed by atoms with Crippen LogP contribution < -0.4 is 5.73 Å². The lowest BCUT2D eigenvalue weighted by Gasteiger charge is -2.44. The van der Waals surface area contributed by atoms with Gasteiger partial charge in [-0.15, -0.1) is 0 Å². The Bertz CT molecular complexity index is 1020. The third-order valence-electron chi connectivity index (χ3n) is 6.44. The predicted octanol–water partition coefficient (Wildman–Crippen LogP) is 1.40. The highest BCUT2D eigenvalue weighted by Gasteiger charge is 2.41. The summed E-state index contributed by atoms with van der Waals surface area (Å²) >= 11 is 0. The molecule has 1 aliphatic heterocycles. The molecule has 1 saturated heterocycles. The summed E-state index contributed by atoms with van der Waals surface area (Å²) in [7, 11) is 2.14. The van der Waals surface area contributed by atoms with Gasteiger partial charge in [0.25, 0.3) is 0 Å². The molecule has 9 nitrogen and oxygen atoms in total. The van der Waals surface area contributed by atoms with Crippen LogP contribution in [-0.4, -0.2) is 68.4 Å². The van der Waals surface area contributed by atoms with Gasteiger partial charge in [-0.3, -0.25) is 9.59 Å². The van der Waals surface area contributed by atoms with E-state index in [2.05, 4.69) is 47.8 Å². The van der Waals surface area contributed by atoms with Crippen LogP contribution in [0.2, 0.25) is 0 Å². The number of carboxylic acids is 2. The summed E-state index contributed by atoms with van der Waals surface area (Å²) in [5.41, 5.74) is 9.85. The second-order valence-corrected chi connectivity index (χ2v) is 8.69. The molecule has 0 spiro atoms. The van der Waals surface area contributed by atoms with Crippen LogP contribution >= 0.6 is 0 Å². The van der Waals surface area contributed by atoms with Crippen molar-refractivity contribution in [3.8, 4) is 0 Å². The Morgan fingerprint density at radius 1 is 1.25 bits per heavy atom. The minimum absolute atomic E-state index is 0.0317. The molecule has 1 aromatic heterocycles. The fourth-order valence-electron chi connectivity index (χ4n) is 5.00. The van der Waals surface area contributed by atoms with E-state index in [4.69, 9.17) is 21.1 Å². The second-order valence-electron chi connectivity index (χ2n) is 8.69. The largest absolute Gasteiger partial charge is 0.481 e. The number of hydrogen-bond acceptors (Lipinski definition) is 5. The van der Waals surface area contributed by atoms with Crippen LogP contribution in [0, 0.1) is 5.92 Å². The molecular formula is C23H31N3O6. The van der Waals surface area contributed by atoms with Gasteiger partial charge in [-0.2, -0.15) is 0 Å². The molecule has 0 bridgehead atoms. The summed E-state index contributed by atoms with van der Waals surface area (Å²) in [6.07, 6.45) is 2.92. The number of benzene rings is 1. The van der Waals surface area contributed by atoms with Crippen molar-refractivity contribution in [2.24, 2.45) is 11.7 Å². The van der Waals surface area contributed by atoms with E-state index in [-0.39, 0.29) is 11.8 Å². The number of carboxylic acid groups (broad SMARTS) is 2. The highest BCUT2D eigenvalue weighted by molar-refractivity contribution is 5.89. The number of nitrogens with zero attached hydrogens (tertiary/aromatic N) is 2. The van der Waals surface area contributed by atoms with Crippen molar-refractivity contribution < 1.29 is 29.7 Å². The molecule has 1 aromatic carbocycles. The molecule has 1 fully saturated rings. The summed E-state index contributed by atoms with van der Waals surface area (Å²) < 4.78 is 2.40. The standard InChI is InChI=1S/C19H25N3O.C4H6O5/c1-3-7-22-11-12-9-17-15(8-13(19(20)23)10-21(17)2)14-5-4-6-16(22)18(12)14;5-2(4(8)9)1-3(6)7/h4-6,11,13,15,17H,3,7-10H2,1-2H3,(H2,20,23);2,5H,1H2,(H,6,7)(H,8,9)/t13?,15-,17-;/m1./s1. The summed E-state index contributed by atoms with van der Waals surface area (Å²) in [4.78, 5) is 33.5. The molecule has 1 aliphatic carbocycles. The first-order chi connectivity index (χ1) is 15.1. The molecule has 4 atom stereocenters. The fourth-order valence-corrected chi connectivity index (χ4v) is 5.00. The zero-order valence-electron chi connectivity index (χ0n) is 18.4. The highest BCUT2D eigenvalue weighted by Crippen LogP contribution is 2.44. The number of aromatic nitrogens is 1. The van der Waals surface area contributed by atoms with E-state index in [1.165, 1.54) is 22.0 Å². The average molecular weight is 446 g/mol. The first-order valence-electron chi connectivity index (χ1n) is 10.9. The van der Waals surface area contributed by atoms with Crippen molar-refractivity contribution >= 4 is 28.7 Å². The van der Waals surface area contributed by atoms with E-state index in [0.717, 1.165) is 32.4 Å². The molecule has 5 N–H and O–H groups in total. The maximum atomic E-state index is 11.7. The number of aliphatic carboxylic acids is 2. The van der Waals surface area contributed by atoms with Gasteiger partial charge in [0, 0.05) is 42.1 Å². The van der Waals surface area contributed by atoms with Crippen molar-refractivity contribution in [2.75, 3.05) is 13.6 Å². The molecule has 2 heterocycles. The zero-order chi connectivity index (χ0) is 23.6. The lowest BCUT2D eigenvalue weighted by molar-refractivity contribution is -0.152. The van der Waals surface area contributed by atoms with Crippen LogP contribution in [0.5, 0.6) is 0 Å². The van der Waals surface area contributed by atoms with E-state index in [0.29, 0.717) is 12.0 Å². The number of amides is 1. The van der Waals surface area contributed by atoms with Gasteiger partial charge in [0.1, 0.15) is 0 Å². The van der Waals surface area contributed by atoms with Crippen molar-refractivity contribution in [3.63, 3.8) is 0 Å². The Labute approximate surface area is 186 Å². The van der Waals surface area contributed by atoms with Crippen molar-refractivity contribution in [1.29, 1.82) is 0 Å². The van der Waals surface area contributed by atoms with Crippen molar-refractivity contribution in [1.82, 2.24) is 9.47 Å². The number of primary amides is 1. The average Bonchev–Trinajstić information content (AvgIpc) is 3.07. The van der Waals surface area contributed by atoms with Gasteiger partial charge < -0.3 is 30.5 Å². The van der Waals surface area contributed by atoms with Crippen molar-refractivity contribution in [3.05, 3.63) is 35.5 Å². The first-order valence-corrected chi connectivity index (χ1v) is 10.9. The highest BCUT2D eigenvalue weighted by atomic mass is 16.4. The van der Waals surface area contributed by atoms with Crippen LogP contribution in [0.4, 0.5) is 0 Å². The number of nitrogens with two attached hydrogens (primary N) is 1. The van der Waals surface area contributed by atoms with E-state index in [1.807, 2.05) is 0 Å². The number of likely N-dealkylation sites (tertiary alicyclic amines) is 1. The Morgan fingerprint density at radius 2 is 1.97 bits per heavy atom. The van der Waals surface area contributed by atoms with Crippen LogP contribution in [0.3, 0.4) is 0 Å². The van der Waals surface area contributed by atoms with Gasteiger partial charge in [0.15, 0.2) is 6.10 Å². The van der Waals surface area contributed by atoms with Gasteiger partial charge in [-0.05, 0) is 43.5 Å².